The number of fused-ring (bicyclic) bond motifs is 1. The van der Waals surface area contributed by atoms with Gasteiger partial charge in [-0.05, 0) is 18.2 Å². The van der Waals surface area contributed by atoms with Crippen molar-refractivity contribution in [3.05, 3.63) is 77.3 Å². The monoisotopic (exact) mass is 325 g/mol. The Balaban J connectivity index is 1.89. The summed E-state index contributed by atoms with van der Waals surface area (Å²) >= 11 is 6.32. The molecule has 0 aliphatic carbocycles. The standard InChI is InChI=1S/C17H12ClN3O2/c18-13-7-3-1-5-11(13)17-15(21-10-19-9-20-21)16(22)12-6-2-4-8-14(12)23-17/h1-10,15,17H. The molecule has 1 aliphatic rings. The zero-order chi connectivity index (χ0) is 15.8. The van der Waals surface area contributed by atoms with Crippen LogP contribution in [0.2, 0.25) is 5.02 Å². The fourth-order valence-corrected chi connectivity index (χ4v) is 3.07. The molecule has 0 spiro atoms. The van der Waals surface area contributed by atoms with Crippen LogP contribution in [0.4, 0.5) is 0 Å². The molecule has 1 aliphatic heterocycles. The van der Waals surface area contributed by atoms with Gasteiger partial charge in [-0.25, -0.2) is 9.67 Å². The quantitative estimate of drug-likeness (QED) is 0.723. The van der Waals surface area contributed by atoms with E-state index >= 15 is 0 Å². The van der Waals surface area contributed by atoms with Crippen LogP contribution in [0.5, 0.6) is 5.75 Å². The van der Waals surface area contributed by atoms with Crippen molar-refractivity contribution in [2.75, 3.05) is 0 Å². The maximum atomic E-state index is 13.0. The Labute approximate surface area is 137 Å². The Morgan fingerprint density at radius 2 is 1.87 bits per heavy atom. The molecule has 2 atom stereocenters. The zero-order valence-electron chi connectivity index (χ0n) is 12.0. The maximum absolute atomic E-state index is 13.0. The minimum atomic E-state index is -0.646. The average molecular weight is 326 g/mol. The van der Waals surface area contributed by atoms with Crippen molar-refractivity contribution in [3.8, 4) is 5.75 Å². The Kier molecular flexibility index (Phi) is 3.35. The minimum absolute atomic E-state index is 0.0673. The highest BCUT2D eigenvalue weighted by Crippen LogP contribution is 2.42. The fraction of sp³-hybridized carbons (Fsp3) is 0.118. The van der Waals surface area contributed by atoms with E-state index in [9.17, 15) is 4.79 Å². The lowest BCUT2D eigenvalue weighted by Crippen LogP contribution is -2.34. The van der Waals surface area contributed by atoms with Gasteiger partial charge in [0.25, 0.3) is 0 Å². The first kappa shape index (κ1) is 14.0. The van der Waals surface area contributed by atoms with Crippen LogP contribution in [0, 0.1) is 0 Å². The van der Waals surface area contributed by atoms with E-state index in [2.05, 4.69) is 10.1 Å². The topological polar surface area (TPSA) is 57.0 Å². The second-order valence-electron chi connectivity index (χ2n) is 5.24. The molecule has 5 nitrogen and oxygen atoms in total. The third-order valence-corrected chi connectivity index (χ3v) is 4.24. The van der Waals surface area contributed by atoms with Crippen LogP contribution in [-0.4, -0.2) is 20.5 Å². The van der Waals surface area contributed by atoms with Gasteiger partial charge in [0.2, 0.25) is 0 Å². The van der Waals surface area contributed by atoms with Crippen LogP contribution in [0.15, 0.2) is 61.2 Å². The molecule has 6 heteroatoms. The van der Waals surface area contributed by atoms with Gasteiger partial charge in [-0.15, -0.1) is 0 Å². The summed E-state index contributed by atoms with van der Waals surface area (Å²) in [4.78, 5) is 16.9. The second kappa shape index (κ2) is 5.52. The molecule has 0 bridgehead atoms. The largest absolute Gasteiger partial charge is 0.482 e. The molecule has 3 aromatic rings. The molecular weight excluding hydrogens is 314 g/mol. The van der Waals surface area contributed by atoms with E-state index in [1.165, 1.54) is 17.3 Å². The van der Waals surface area contributed by atoms with Gasteiger partial charge in [0.15, 0.2) is 17.9 Å². The summed E-state index contributed by atoms with van der Waals surface area (Å²) in [5, 5.41) is 4.68. The minimum Gasteiger partial charge on any atom is -0.482 e. The van der Waals surface area contributed by atoms with E-state index in [1.54, 1.807) is 18.2 Å². The Bertz CT molecular complexity index is 864. The Hall–Kier alpha value is -2.66. The lowest BCUT2D eigenvalue weighted by molar-refractivity contribution is 0.0653. The molecule has 4 rings (SSSR count). The molecule has 2 aromatic carbocycles. The SMILES string of the molecule is O=C1c2ccccc2OC(c2ccccc2Cl)C1n1cncn1. The number of ether oxygens (including phenoxy) is 1. The van der Waals surface area contributed by atoms with Gasteiger partial charge in [-0.1, -0.05) is 41.9 Å². The Morgan fingerprint density at radius 3 is 2.65 bits per heavy atom. The number of hydrogen-bond acceptors (Lipinski definition) is 4. The molecule has 1 aromatic heterocycles. The lowest BCUT2D eigenvalue weighted by Gasteiger charge is -2.33. The molecule has 0 N–H and O–H groups in total. The van der Waals surface area contributed by atoms with Crippen LogP contribution < -0.4 is 4.74 Å². The van der Waals surface area contributed by atoms with Gasteiger partial charge in [0.1, 0.15) is 18.4 Å². The fourth-order valence-electron chi connectivity index (χ4n) is 2.83. The number of carbonyl (C=O) groups is 1. The third-order valence-electron chi connectivity index (χ3n) is 3.90. The molecule has 2 unspecified atom stereocenters. The molecule has 0 amide bonds. The average Bonchev–Trinajstić information content (AvgIpc) is 3.09. The van der Waals surface area contributed by atoms with Gasteiger partial charge in [0, 0.05) is 10.6 Å². The van der Waals surface area contributed by atoms with Crippen molar-refractivity contribution in [1.82, 2.24) is 14.8 Å². The molecule has 0 saturated heterocycles. The highest BCUT2D eigenvalue weighted by Gasteiger charge is 2.40. The first-order chi connectivity index (χ1) is 11.3. The third kappa shape index (κ3) is 2.29. The summed E-state index contributed by atoms with van der Waals surface area (Å²) in [5.74, 6) is 0.487. The zero-order valence-corrected chi connectivity index (χ0v) is 12.7. The van der Waals surface area contributed by atoms with Crippen LogP contribution in [0.25, 0.3) is 0 Å². The molecule has 0 radical (unpaired) electrons. The first-order valence-corrected chi connectivity index (χ1v) is 7.52. The predicted molar refractivity (Wildman–Crippen MR) is 84.7 cm³/mol. The normalized spacial score (nSPS) is 20.0. The highest BCUT2D eigenvalue weighted by atomic mass is 35.5. The van der Waals surface area contributed by atoms with Gasteiger partial charge < -0.3 is 4.74 Å². The van der Waals surface area contributed by atoms with Crippen molar-refractivity contribution in [1.29, 1.82) is 0 Å². The van der Waals surface area contributed by atoms with E-state index in [4.69, 9.17) is 16.3 Å². The first-order valence-electron chi connectivity index (χ1n) is 7.14. The summed E-state index contributed by atoms with van der Waals surface area (Å²) in [5.41, 5.74) is 1.29. The van der Waals surface area contributed by atoms with Crippen molar-refractivity contribution in [2.45, 2.75) is 12.1 Å². The number of aromatic nitrogens is 3. The number of rotatable bonds is 2. The number of Topliss-reactive ketones (excluding diaryl/α,β-unsaturated/α-hetero) is 1. The molecule has 23 heavy (non-hydrogen) atoms. The highest BCUT2D eigenvalue weighted by molar-refractivity contribution is 6.31. The molecule has 2 heterocycles. The van der Waals surface area contributed by atoms with Gasteiger partial charge in [-0.3, -0.25) is 4.79 Å². The van der Waals surface area contributed by atoms with Crippen LogP contribution >= 0.6 is 11.6 Å². The number of hydrogen-bond donors (Lipinski definition) is 0. The van der Waals surface area contributed by atoms with Gasteiger partial charge in [0.05, 0.1) is 5.56 Å². The number of halogens is 1. The maximum Gasteiger partial charge on any atom is 0.195 e. The number of para-hydroxylation sites is 1. The summed E-state index contributed by atoms with van der Waals surface area (Å²) in [7, 11) is 0. The summed E-state index contributed by atoms with van der Waals surface area (Å²) < 4.78 is 7.63. The second-order valence-corrected chi connectivity index (χ2v) is 5.65. The number of ketones is 1. The Morgan fingerprint density at radius 1 is 1.09 bits per heavy atom. The van der Waals surface area contributed by atoms with E-state index in [1.807, 2.05) is 30.3 Å². The summed E-state index contributed by atoms with van der Waals surface area (Å²) in [6.07, 6.45) is 2.36. The molecule has 114 valence electrons. The van der Waals surface area contributed by atoms with Gasteiger partial charge >= 0.3 is 0 Å². The smallest absolute Gasteiger partial charge is 0.195 e. The number of benzene rings is 2. The van der Waals surface area contributed by atoms with Crippen molar-refractivity contribution in [2.24, 2.45) is 0 Å². The van der Waals surface area contributed by atoms with Crippen molar-refractivity contribution >= 4 is 17.4 Å². The summed E-state index contributed by atoms with van der Waals surface area (Å²) in [6.45, 7) is 0. The van der Waals surface area contributed by atoms with Crippen LogP contribution in [-0.2, 0) is 0 Å². The number of carbonyl (C=O) groups excluding carboxylic acids is 1. The van der Waals surface area contributed by atoms with Crippen molar-refractivity contribution in [3.63, 3.8) is 0 Å². The van der Waals surface area contributed by atoms with Crippen LogP contribution in [0.3, 0.4) is 0 Å². The van der Waals surface area contributed by atoms with Crippen LogP contribution in [0.1, 0.15) is 28.1 Å². The lowest BCUT2D eigenvalue weighted by atomic mass is 9.91. The molecular formula is C17H12ClN3O2. The van der Waals surface area contributed by atoms with E-state index in [0.29, 0.717) is 16.3 Å². The van der Waals surface area contributed by atoms with Gasteiger partial charge in [-0.2, -0.15) is 5.10 Å². The van der Waals surface area contributed by atoms with E-state index in [0.717, 1.165) is 5.56 Å². The predicted octanol–water partition coefficient (Wildman–Crippen LogP) is 3.49. The van der Waals surface area contributed by atoms with E-state index < -0.39 is 12.1 Å². The van der Waals surface area contributed by atoms with Crippen molar-refractivity contribution < 1.29 is 9.53 Å². The van der Waals surface area contributed by atoms with E-state index in [-0.39, 0.29) is 5.78 Å². The molecule has 0 saturated carbocycles. The molecule has 0 fully saturated rings. The number of nitrogens with zero attached hydrogens (tertiary/aromatic N) is 3. The summed E-state index contributed by atoms with van der Waals surface area (Å²) in [6, 6.07) is 13.9.